The number of β-lactam (4-membered cyclic amide) rings is 1. The van der Waals surface area contributed by atoms with Gasteiger partial charge in [-0.25, -0.2) is 9.78 Å². The van der Waals surface area contributed by atoms with Gasteiger partial charge in [0.15, 0.2) is 5.16 Å². The molecule has 14 heteroatoms. The minimum atomic E-state index is -1.24. The molecule has 1 aromatic heterocycles. The number of carbonyl (C=O) groups excluding carboxylic acids is 3. The zero-order valence-electron chi connectivity index (χ0n) is 19.9. The minimum Gasteiger partial charge on any atom is -1.00 e. The Labute approximate surface area is 231 Å². The number of aromatic nitrogens is 2. The number of nitrogens with one attached hydrogen (secondary N) is 2. The molecular weight excluding hydrogens is 505 g/mol. The van der Waals surface area contributed by atoms with Gasteiger partial charge in [0.05, 0.1) is 5.75 Å². The summed E-state index contributed by atoms with van der Waals surface area (Å²) in [7, 11) is 0. The van der Waals surface area contributed by atoms with Crippen molar-refractivity contribution in [3.63, 3.8) is 0 Å². The Balaban J connectivity index is 0.00000180. The fourth-order valence-corrected chi connectivity index (χ4v) is 6.21. The fourth-order valence-electron chi connectivity index (χ4n) is 4.24. The van der Waals surface area contributed by atoms with Gasteiger partial charge < -0.3 is 21.7 Å². The Kier molecular flexibility index (Phi) is 7.81. The van der Waals surface area contributed by atoms with E-state index < -0.39 is 29.2 Å². The van der Waals surface area contributed by atoms with Crippen LogP contribution in [-0.4, -0.2) is 84.1 Å². The Morgan fingerprint density at radius 3 is 2.80 bits per heavy atom. The third-order valence-corrected chi connectivity index (χ3v) is 8.19. The molecule has 1 saturated carbocycles. The van der Waals surface area contributed by atoms with Gasteiger partial charge >= 0.3 is 35.5 Å². The molecule has 0 aromatic carbocycles. The van der Waals surface area contributed by atoms with Crippen LogP contribution in [0.25, 0.3) is 0 Å². The van der Waals surface area contributed by atoms with Crippen LogP contribution < -0.4 is 40.4 Å². The number of carboxylic acid groups (broad SMARTS) is 1. The summed E-state index contributed by atoms with van der Waals surface area (Å²) in [6, 6.07) is 0.715. The molecule has 5 rings (SSSR count). The van der Waals surface area contributed by atoms with Gasteiger partial charge in [-0.15, -0.1) is 11.8 Å². The molecule has 0 radical (unpaired) electrons. The number of nitrogens with zero attached hydrogens (tertiary/aromatic N) is 3. The molecular formula is C21H22N5NaO6S2. The first-order valence-electron chi connectivity index (χ1n) is 10.7. The van der Waals surface area contributed by atoms with E-state index in [0.717, 1.165) is 24.6 Å². The Morgan fingerprint density at radius 2 is 2.11 bits per heavy atom. The van der Waals surface area contributed by atoms with E-state index in [2.05, 4.69) is 15.3 Å². The second kappa shape index (κ2) is 10.5. The van der Waals surface area contributed by atoms with E-state index in [4.69, 9.17) is 0 Å². The second-order valence-electron chi connectivity index (χ2n) is 8.31. The van der Waals surface area contributed by atoms with Gasteiger partial charge in [0, 0.05) is 36.2 Å². The zero-order valence-corrected chi connectivity index (χ0v) is 22.5. The van der Waals surface area contributed by atoms with Crippen molar-refractivity contribution in [2.45, 2.75) is 41.9 Å². The molecule has 3 N–H and O–H groups in total. The van der Waals surface area contributed by atoms with Crippen LogP contribution in [0, 0.1) is 0 Å². The van der Waals surface area contributed by atoms with Gasteiger partial charge in [-0.05, 0) is 30.9 Å². The number of H-pyrrole nitrogens is 1. The summed E-state index contributed by atoms with van der Waals surface area (Å²) >= 11 is 2.37. The predicted molar refractivity (Wildman–Crippen MR) is 124 cm³/mol. The number of aliphatic carboxylic acids is 1. The summed E-state index contributed by atoms with van der Waals surface area (Å²) in [5.74, 6) is -1.99. The number of hydrogen-bond acceptors (Lipinski definition) is 8. The number of hydrogen-bond donors (Lipinski definition) is 3. The molecule has 3 amide bonds. The molecule has 180 valence electrons. The summed E-state index contributed by atoms with van der Waals surface area (Å²) in [5, 5.41) is 12.2. The number of likely N-dealkylation sites (tertiary alicyclic amines) is 1. The minimum absolute atomic E-state index is 0. The van der Waals surface area contributed by atoms with Crippen molar-refractivity contribution < 1.29 is 55.3 Å². The van der Waals surface area contributed by atoms with E-state index in [1.807, 2.05) is 4.90 Å². The molecule has 11 nitrogen and oxygen atoms in total. The molecule has 3 fully saturated rings. The van der Waals surface area contributed by atoms with E-state index in [0.29, 0.717) is 35.9 Å². The average Bonchev–Trinajstić information content (AvgIpc) is 3.59. The van der Waals surface area contributed by atoms with Gasteiger partial charge in [0.2, 0.25) is 11.8 Å². The fraction of sp³-hybridized carbons (Fsp3) is 0.429. The van der Waals surface area contributed by atoms with E-state index in [-0.39, 0.29) is 59.1 Å². The van der Waals surface area contributed by atoms with E-state index >= 15 is 0 Å². The van der Waals surface area contributed by atoms with Gasteiger partial charge in [-0.2, -0.15) is 0 Å². The normalized spacial score (nSPS) is 24.7. The first kappa shape index (κ1) is 26.0. The van der Waals surface area contributed by atoms with Crippen LogP contribution in [0.4, 0.5) is 0 Å². The van der Waals surface area contributed by atoms with E-state index in [1.165, 1.54) is 28.9 Å². The summed E-state index contributed by atoms with van der Waals surface area (Å²) in [5.41, 5.74) is 0.536. The monoisotopic (exact) mass is 527 g/mol. The number of allylic oxidation sites excluding steroid dienone is 1. The van der Waals surface area contributed by atoms with Gasteiger partial charge in [-0.1, -0.05) is 11.8 Å². The van der Waals surface area contributed by atoms with Gasteiger partial charge in [0.25, 0.3) is 11.5 Å². The van der Waals surface area contributed by atoms with E-state index in [1.54, 1.807) is 6.08 Å². The van der Waals surface area contributed by atoms with Crippen LogP contribution in [0.15, 0.2) is 45.1 Å². The number of aromatic amines is 1. The van der Waals surface area contributed by atoms with Crippen LogP contribution in [0.1, 0.15) is 20.7 Å². The number of carbonyl (C=O) groups is 4. The molecule has 1 aliphatic carbocycles. The molecule has 0 bridgehead atoms. The van der Waals surface area contributed by atoms with Crippen LogP contribution in [0.2, 0.25) is 0 Å². The zero-order chi connectivity index (χ0) is 24.0. The maximum absolute atomic E-state index is 12.8. The smallest absolute Gasteiger partial charge is 1.00 e. The molecule has 2 atom stereocenters. The average molecular weight is 528 g/mol. The SMILES string of the molecule is O=C(CSc1nccc(=O)[nH]1)N[C@@H]1C(=O)N2C(C(=O)O)=C(/C=C3\CCN(C4CC4)C3=O)CS[C@H]12.[H-].[Na+]. The molecule has 0 unspecified atom stereocenters. The van der Waals surface area contributed by atoms with Crippen molar-refractivity contribution in [3.05, 3.63) is 45.5 Å². The maximum Gasteiger partial charge on any atom is 1.00 e. The van der Waals surface area contributed by atoms with Crippen molar-refractivity contribution in [3.8, 4) is 0 Å². The summed E-state index contributed by atoms with van der Waals surface area (Å²) in [6.45, 7) is 0.641. The second-order valence-corrected chi connectivity index (χ2v) is 10.4. The topological polar surface area (TPSA) is 153 Å². The van der Waals surface area contributed by atoms with Crippen molar-refractivity contribution in [2.75, 3.05) is 18.1 Å². The van der Waals surface area contributed by atoms with Crippen molar-refractivity contribution in [1.82, 2.24) is 25.1 Å². The first-order chi connectivity index (χ1) is 16.3. The summed E-state index contributed by atoms with van der Waals surface area (Å²) < 4.78 is 0. The third kappa shape index (κ3) is 5.24. The van der Waals surface area contributed by atoms with Gasteiger partial charge in [0.1, 0.15) is 17.1 Å². The molecule has 3 aliphatic heterocycles. The Bertz CT molecular complexity index is 1220. The number of carboxylic acids is 1. The van der Waals surface area contributed by atoms with E-state index in [9.17, 15) is 29.1 Å². The summed E-state index contributed by atoms with van der Waals surface area (Å²) in [6.07, 6.45) is 5.54. The third-order valence-electron chi connectivity index (χ3n) is 6.00. The predicted octanol–water partition coefficient (Wildman–Crippen LogP) is -2.96. The first-order valence-corrected chi connectivity index (χ1v) is 12.8. The molecule has 4 heterocycles. The standard InChI is InChI=1S/C21H21N5O6S2.Na.H/c27-13-3-5-22-21(24-13)34-9-14(28)23-15-18(30)26-16(20(31)32)11(8-33-19(15)26)7-10-4-6-25(17(10)29)12-1-2-12;;/h3,5,7,12,15,19H,1-2,4,6,8-9H2,(H,23,28)(H,31,32)(H,22,24,27);;/q;+1;-1/b10-7+;;/t15-,19-;;/m1../s1. The van der Waals surface area contributed by atoms with Crippen LogP contribution in [0.5, 0.6) is 0 Å². The number of thioether (sulfide) groups is 2. The molecule has 1 aromatic rings. The van der Waals surface area contributed by atoms with Crippen molar-refractivity contribution >= 4 is 47.2 Å². The van der Waals surface area contributed by atoms with Gasteiger partial charge in [-0.3, -0.25) is 24.1 Å². The molecule has 2 saturated heterocycles. The molecule has 4 aliphatic rings. The van der Waals surface area contributed by atoms with Crippen molar-refractivity contribution in [2.24, 2.45) is 0 Å². The maximum atomic E-state index is 12.8. The van der Waals surface area contributed by atoms with Crippen molar-refractivity contribution in [1.29, 1.82) is 0 Å². The number of fused-ring (bicyclic) bond motifs is 1. The quantitative estimate of drug-likeness (QED) is 0.111. The largest absolute Gasteiger partial charge is 1.00 e. The number of rotatable bonds is 7. The summed E-state index contributed by atoms with van der Waals surface area (Å²) in [4.78, 5) is 70.6. The molecule has 35 heavy (non-hydrogen) atoms. The Morgan fingerprint density at radius 1 is 1.34 bits per heavy atom. The van der Waals surface area contributed by atoms with Crippen LogP contribution >= 0.6 is 23.5 Å². The number of amides is 3. The van der Waals surface area contributed by atoms with Crippen LogP contribution in [-0.2, 0) is 19.2 Å². The molecule has 0 spiro atoms. The van der Waals surface area contributed by atoms with Crippen LogP contribution in [0.3, 0.4) is 0 Å². The Hall–Kier alpha value is -2.06.